The maximum absolute atomic E-state index is 2.30. The average Bonchev–Trinajstić information content (AvgIpc) is 1.68. The van der Waals surface area contributed by atoms with E-state index in [1.807, 2.05) is 0 Å². The summed E-state index contributed by atoms with van der Waals surface area (Å²) in [5.74, 6) is 0. The SMILES string of the molecule is CBC(C)(C)CC. The van der Waals surface area contributed by atoms with Crippen LogP contribution in [0.3, 0.4) is 0 Å². The summed E-state index contributed by atoms with van der Waals surface area (Å²) in [6.07, 6.45) is 1.30. The Labute approximate surface area is 47.6 Å². The van der Waals surface area contributed by atoms with Crippen LogP contribution in [0.15, 0.2) is 0 Å². The molecule has 0 spiro atoms. The Morgan fingerprint density at radius 3 is 1.86 bits per heavy atom. The van der Waals surface area contributed by atoms with E-state index in [0.29, 0.717) is 5.31 Å². The van der Waals surface area contributed by atoms with E-state index in [4.69, 9.17) is 0 Å². The van der Waals surface area contributed by atoms with Crippen LogP contribution in [0.2, 0.25) is 12.1 Å². The second kappa shape index (κ2) is 2.39. The van der Waals surface area contributed by atoms with Crippen LogP contribution in [0, 0.1) is 0 Å². The Morgan fingerprint density at radius 1 is 1.43 bits per heavy atom. The van der Waals surface area contributed by atoms with E-state index in [1.54, 1.807) is 0 Å². The molecule has 0 aliphatic heterocycles. The molecule has 42 valence electrons. The van der Waals surface area contributed by atoms with Crippen LogP contribution in [0.1, 0.15) is 27.2 Å². The van der Waals surface area contributed by atoms with Crippen molar-refractivity contribution in [2.45, 2.75) is 39.3 Å². The highest BCUT2D eigenvalue weighted by Gasteiger charge is 2.11. The van der Waals surface area contributed by atoms with Gasteiger partial charge in [-0.3, -0.25) is 0 Å². The van der Waals surface area contributed by atoms with Gasteiger partial charge >= 0.3 is 0 Å². The molecule has 0 aliphatic carbocycles. The van der Waals surface area contributed by atoms with Crippen molar-refractivity contribution in [3.63, 3.8) is 0 Å². The predicted molar refractivity (Wildman–Crippen MR) is 37.3 cm³/mol. The molecule has 0 heterocycles. The van der Waals surface area contributed by atoms with Crippen LogP contribution in [0.25, 0.3) is 0 Å². The second-order valence-corrected chi connectivity index (χ2v) is 2.87. The first kappa shape index (κ1) is 7.06. The summed E-state index contributed by atoms with van der Waals surface area (Å²) in [5, 5.41) is 0.583. The third kappa shape index (κ3) is 2.72. The van der Waals surface area contributed by atoms with E-state index in [9.17, 15) is 0 Å². The van der Waals surface area contributed by atoms with E-state index in [1.165, 1.54) is 13.7 Å². The molecule has 0 aromatic carbocycles. The zero-order valence-corrected chi connectivity index (χ0v) is 5.91. The van der Waals surface area contributed by atoms with Gasteiger partial charge in [0.15, 0.2) is 0 Å². The summed E-state index contributed by atoms with van der Waals surface area (Å²) in [6.45, 7) is 9.08. The van der Waals surface area contributed by atoms with Crippen molar-refractivity contribution in [2.24, 2.45) is 0 Å². The fourth-order valence-electron chi connectivity index (χ4n) is 0.250. The van der Waals surface area contributed by atoms with Gasteiger partial charge in [0.1, 0.15) is 7.28 Å². The number of rotatable bonds is 2. The topological polar surface area (TPSA) is 0 Å². The normalized spacial score (nSPS) is 11.4. The van der Waals surface area contributed by atoms with Crippen molar-refractivity contribution in [2.75, 3.05) is 0 Å². The zero-order valence-electron chi connectivity index (χ0n) is 5.91. The molecule has 0 nitrogen and oxygen atoms in total. The van der Waals surface area contributed by atoms with Gasteiger partial charge in [-0.05, 0) is 0 Å². The fourth-order valence-corrected chi connectivity index (χ4v) is 0.250. The Balaban J connectivity index is 3.36. The van der Waals surface area contributed by atoms with E-state index < -0.39 is 0 Å². The molecule has 7 heavy (non-hydrogen) atoms. The quantitative estimate of drug-likeness (QED) is 0.464. The van der Waals surface area contributed by atoms with Crippen molar-refractivity contribution in [1.82, 2.24) is 0 Å². The summed E-state index contributed by atoms with van der Waals surface area (Å²) in [5.41, 5.74) is 0. The lowest BCUT2D eigenvalue weighted by Crippen LogP contribution is -2.06. The Hall–Kier alpha value is 0.0649. The van der Waals surface area contributed by atoms with Crippen molar-refractivity contribution in [3.05, 3.63) is 0 Å². The van der Waals surface area contributed by atoms with Gasteiger partial charge < -0.3 is 0 Å². The van der Waals surface area contributed by atoms with Crippen molar-refractivity contribution >= 4 is 7.28 Å². The summed E-state index contributed by atoms with van der Waals surface area (Å²) >= 11 is 0. The van der Waals surface area contributed by atoms with E-state index in [-0.39, 0.29) is 0 Å². The monoisotopic (exact) mass is 98.1 g/mol. The van der Waals surface area contributed by atoms with Crippen LogP contribution in [-0.2, 0) is 0 Å². The number of hydrogen-bond donors (Lipinski definition) is 0. The van der Waals surface area contributed by atoms with Gasteiger partial charge in [-0.2, -0.15) is 0 Å². The molecule has 0 aromatic heterocycles. The molecule has 0 fully saturated rings. The average molecular weight is 98.0 g/mol. The van der Waals surface area contributed by atoms with Crippen molar-refractivity contribution in [3.8, 4) is 0 Å². The molecule has 0 aliphatic rings. The highest BCUT2D eigenvalue weighted by Crippen LogP contribution is 2.25. The first-order valence-corrected chi connectivity index (χ1v) is 3.12. The first-order valence-electron chi connectivity index (χ1n) is 3.12. The minimum absolute atomic E-state index is 0.583. The standard InChI is InChI=1S/C6H15B/c1-5-6(2,3)7-4/h7H,5H2,1-4H3. The van der Waals surface area contributed by atoms with Crippen LogP contribution < -0.4 is 0 Å². The maximum Gasteiger partial charge on any atom is 0.124 e. The molecule has 0 aromatic rings. The third-order valence-corrected chi connectivity index (χ3v) is 1.91. The molecular formula is C6H15B. The van der Waals surface area contributed by atoms with Crippen molar-refractivity contribution in [1.29, 1.82) is 0 Å². The third-order valence-electron chi connectivity index (χ3n) is 1.91. The van der Waals surface area contributed by atoms with Gasteiger partial charge in [-0.1, -0.05) is 39.3 Å². The summed E-state index contributed by atoms with van der Waals surface area (Å²) in [7, 11) is 1.30. The van der Waals surface area contributed by atoms with E-state index >= 15 is 0 Å². The molecule has 0 radical (unpaired) electrons. The number of hydrogen-bond acceptors (Lipinski definition) is 0. The van der Waals surface area contributed by atoms with Gasteiger partial charge in [0, 0.05) is 0 Å². The maximum atomic E-state index is 2.30. The molecule has 0 saturated heterocycles. The lowest BCUT2D eigenvalue weighted by Gasteiger charge is -2.17. The van der Waals surface area contributed by atoms with Crippen LogP contribution in [-0.4, -0.2) is 7.28 Å². The van der Waals surface area contributed by atoms with E-state index in [2.05, 4.69) is 27.6 Å². The minimum Gasteiger partial charge on any atom is -0.0889 e. The second-order valence-electron chi connectivity index (χ2n) is 2.87. The fraction of sp³-hybridized carbons (Fsp3) is 1.00. The highest BCUT2D eigenvalue weighted by atomic mass is 14.0. The lowest BCUT2D eigenvalue weighted by molar-refractivity contribution is 0.645. The lowest BCUT2D eigenvalue weighted by atomic mass is 9.55. The van der Waals surface area contributed by atoms with Gasteiger partial charge in [0.25, 0.3) is 0 Å². The smallest absolute Gasteiger partial charge is 0.0889 e. The van der Waals surface area contributed by atoms with Gasteiger partial charge in [0.2, 0.25) is 0 Å². The highest BCUT2D eigenvalue weighted by molar-refractivity contribution is 6.37. The molecule has 0 atom stereocenters. The Morgan fingerprint density at radius 2 is 1.86 bits per heavy atom. The van der Waals surface area contributed by atoms with Crippen LogP contribution >= 0.6 is 0 Å². The van der Waals surface area contributed by atoms with Crippen LogP contribution in [0.4, 0.5) is 0 Å². The van der Waals surface area contributed by atoms with Crippen LogP contribution in [0.5, 0.6) is 0 Å². The molecule has 1 heteroatoms. The minimum atomic E-state index is 0.583. The van der Waals surface area contributed by atoms with Gasteiger partial charge in [0.05, 0.1) is 0 Å². The molecule has 0 bridgehead atoms. The summed E-state index contributed by atoms with van der Waals surface area (Å²) in [6, 6.07) is 0. The molecular weight excluding hydrogens is 82.9 g/mol. The summed E-state index contributed by atoms with van der Waals surface area (Å²) in [4.78, 5) is 0. The molecule has 0 saturated carbocycles. The van der Waals surface area contributed by atoms with Crippen molar-refractivity contribution < 1.29 is 0 Å². The Bertz CT molecular complexity index is 42.1. The van der Waals surface area contributed by atoms with Gasteiger partial charge in [-0.25, -0.2) is 0 Å². The van der Waals surface area contributed by atoms with Gasteiger partial charge in [-0.15, -0.1) is 0 Å². The first-order chi connectivity index (χ1) is 3.12. The molecule has 0 amide bonds. The largest absolute Gasteiger partial charge is 0.124 e. The zero-order chi connectivity index (χ0) is 5.91. The molecule has 0 N–H and O–H groups in total. The van der Waals surface area contributed by atoms with E-state index in [0.717, 1.165) is 0 Å². The molecule has 0 rings (SSSR count). The summed E-state index contributed by atoms with van der Waals surface area (Å²) < 4.78 is 0. The Kier molecular flexibility index (Phi) is 2.41. The predicted octanol–water partition coefficient (Wildman–Crippen LogP) is 2.08. The molecule has 0 unspecified atom stereocenters.